The lowest BCUT2D eigenvalue weighted by Crippen LogP contribution is -2.24. The molecule has 1 N–H and O–H groups in total. The highest BCUT2D eigenvalue weighted by molar-refractivity contribution is 7.07. The first-order valence-electron chi connectivity index (χ1n) is 6.56. The molecule has 3 aromatic heterocycles. The van der Waals surface area contributed by atoms with Gasteiger partial charge in [0.05, 0.1) is 24.6 Å². The zero-order valence-electron chi connectivity index (χ0n) is 11.3. The number of pyridine rings is 1. The van der Waals surface area contributed by atoms with E-state index in [4.69, 9.17) is 4.42 Å². The largest absolute Gasteiger partial charge is 0.472 e. The van der Waals surface area contributed by atoms with Gasteiger partial charge in [-0.25, -0.2) is 0 Å². The van der Waals surface area contributed by atoms with Crippen molar-refractivity contribution in [1.29, 1.82) is 0 Å². The lowest BCUT2D eigenvalue weighted by atomic mass is 10.2. The number of aromatic nitrogens is 1. The quantitative estimate of drug-likeness (QED) is 0.786. The molecule has 3 rings (SSSR count). The number of hydrogen-bond donors (Lipinski definition) is 1. The van der Waals surface area contributed by atoms with Crippen LogP contribution in [0.15, 0.2) is 58.2 Å². The van der Waals surface area contributed by atoms with Gasteiger partial charge in [0.25, 0.3) is 0 Å². The fraction of sp³-hybridized carbons (Fsp3) is 0.125. The second kappa shape index (κ2) is 6.37. The molecule has 0 atom stereocenters. The highest BCUT2D eigenvalue weighted by Crippen LogP contribution is 2.17. The van der Waals surface area contributed by atoms with Crippen LogP contribution in [0.4, 0.5) is 0 Å². The molecule has 0 bridgehead atoms. The molecular formula is C16H14N2O2S. The average molecular weight is 298 g/mol. The molecule has 106 valence electrons. The molecule has 21 heavy (non-hydrogen) atoms. The van der Waals surface area contributed by atoms with E-state index in [0.717, 1.165) is 22.4 Å². The summed E-state index contributed by atoms with van der Waals surface area (Å²) >= 11 is 1.60. The Morgan fingerprint density at radius 1 is 1.24 bits per heavy atom. The minimum absolute atomic E-state index is 0.0207. The maximum Gasteiger partial charge on any atom is 0.224 e. The van der Waals surface area contributed by atoms with Gasteiger partial charge in [-0.3, -0.25) is 9.78 Å². The SMILES string of the molecule is O=C(Cc1ccsc1)NCc1ccc(-c2ccoc2)nc1. The Bertz CT molecular complexity index is 688. The maximum atomic E-state index is 11.8. The van der Waals surface area contributed by atoms with Crippen LogP contribution in [0.25, 0.3) is 11.3 Å². The number of nitrogens with zero attached hydrogens (tertiary/aromatic N) is 1. The van der Waals surface area contributed by atoms with Crippen molar-refractivity contribution in [1.82, 2.24) is 10.3 Å². The Hall–Kier alpha value is -2.40. The van der Waals surface area contributed by atoms with Gasteiger partial charge in [0.2, 0.25) is 5.91 Å². The zero-order chi connectivity index (χ0) is 14.5. The third-order valence-corrected chi connectivity index (χ3v) is 3.81. The molecule has 0 fully saturated rings. The number of furan rings is 1. The molecule has 0 aliphatic rings. The van der Waals surface area contributed by atoms with Crippen molar-refractivity contribution < 1.29 is 9.21 Å². The summed E-state index contributed by atoms with van der Waals surface area (Å²) in [6.07, 6.45) is 5.47. The lowest BCUT2D eigenvalue weighted by molar-refractivity contribution is -0.120. The van der Waals surface area contributed by atoms with Crippen LogP contribution in [0.2, 0.25) is 0 Å². The van der Waals surface area contributed by atoms with Crippen molar-refractivity contribution in [2.24, 2.45) is 0 Å². The Morgan fingerprint density at radius 2 is 2.19 bits per heavy atom. The van der Waals surface area contributed by atoms with E-state index in [1.54, 1.807) is 30.1 Å². The van der Waals surface area contributed by atoms with Gasteiger partial charge in [0.1, 0.15) is 0 Å². The van der Waals surface area contributed by atoms with E-state index >= 15 is 0 Å². The summed E-state index contributed by atoms with van der Waals surface area (Å²) in [5, 5.41) is 6.86. The summed E-state index contributed by atoms with van der Waals surface area (Å²) in [5.74, 6) is 0.0207. The Morgan fingerprint density at radius 3 is 2.86 bits per heavy atom. The molecule has 0 aromatic carbocycles. The molecule has 0 radical (unpaired) electrons. The van der Waals surface area contributed by atoms with Gasteiger partial charge in [-0.15, -0.1) is 0 Å². The number of nitrogens with one attached hydrogen (secondary N) is 1. The van der Waals surface area contributed by atoms with Crippen molar-refractivity contribution in [3.63, 3.8) is 0 Å². The summed E-state index contributed by atoms with van der Waals surface area (Å²) in [5.41, 5.74) is 3.83. The minimum Gasteiger partial charge on any atom is -0.472 e. The Labute approximate surface area is 126 Å². The van der Waals surface area contributed by atoms with Gasteiger partial charge in [0.15, 0.2) is 0 Å². The molecule has 0 aliphatic heterocycles. The second-order valence-corrected chi connectivity index (χ2v) is 5.43. The monoisotopic (exact) mass is 298 g/mol. The number of carbonyl (C=O) groups is 1. The number of rotatable bonds is 5. The fourth-order valence-corrected chi connectivity index (χ4v) is 2.62. The van der Waals surface area contributed by atoms with Crippen LogP contribution in [0, 0.1) is 0 Å². The first kappa shape index (κ1) is 13.6. The molecule has 0 saturated heterocycles. The molecule has 5 heteroatoms. The first-order valence-corrected chi connectivity index (χ1v) is 7.51. The summed E-state index contributed by atoms with van der Waals surface area (Å²) in [7, 11) is 0. The molecule has 0 spiro atoms. The second-order valence-electron chi connectivity index (χ2n) is 4.65. The predicted molar refractivity (Wildman–Crippen MR) is 81.8 cm³/mol. The highest BCUT2D eigenvalue weighted by Gasteiger charge is 2.05. The van der Waals surface area contributed by atoms with Crippen LogP contribution in [0.5, 0.6) is 0 Å². The zero-order valence-corrected chi connectivity index (χ0v) is 12.1. The van der Waals surface area contributed by atoms with Crippen molar-refractivity contribution in [2.45, 2.75) is 13.0 Å². The van der Waals surface area contributed by atoms with Crippen LogP contribution >= 0.6 is 11.3 Å². The first-order chi connectivity index (χ1) is 10.3. The summed E-state index contributed by atoms with van der Waals surface area (Å²) in [6, 6.07) is 7.71. The van der Waals surface area contributed by atoms with Crippen LogP contribution in [0.1, 0.15) is 11.1 Å². The standard InChI is InChI=1S/C16H14N2O2S/c19-16(7-12-4-6-21-11-12)18-9-13-1-2-15(17-8-13)14-3-5-20-10-14/h1-6,8,10-11H,7,9H2,(H,18,19). The smallest absolute Gasteiger partial charge is 0.224 e. The maximum absolute atomic E-state index is 11.8. The highest BCUT2D eigenvalue weighted by atomic mass is 32.1. The van der Waals surface area contributed by atoms with Gasteiger partial charge >= 0.3 is 0 Å². The topological polar surface area (TPSA) is 55.1 Å². The van der Waals surface area contributed by atoms with Crippen LogP contribution in [-0.4, -0.2) is 10.9 Å². The number of amides is 1. The number of hydrogen-bond acceptors (Lipinski definition) is 4. The minimum atomic E-state index is 0.0207. The third-order valence-electron chi connectivity index (χ3n) is 3.08. The number of carbonyl (C=O) groups excluding carboxylic acids is 1. The summed E-state index contributed by atoms with van der Waals surface area (Å²) in [4.78, 5) is 16.2. The molecule has 4 nitrogen and oxygen atoms in total. The number of thiophene rings is 1. The van der Waals surface area contributed by atoms with Crippen molar-refractivity contribution in [3.05, 3.63) is 64.9 Å². The van der Waals surface area contributed by atoms with Crippen molar-refractivity contribution in [3.8, 4) is 11.3 Å². The Balaban J connectivity index is 1.55. The molecule has 0 unspecified atom stereocenters. The van der Waals surface area contributed by atoms with Gasteiger partial charge in [-0.05, 0) is 40.1 Å². The average Bonchev–Trinajstić information content (AvgIpc) is 3.19. The van der Waals surface area contributed by atoms with Crippen LogP contribution in [0.3, 0.4) is 0 Å². The third kappa shape index (κ3) is 3.58. The van der Waals surface area contributed by atoms with Gasteiger partial charge < -0.3 is 9.73 Å². The van der Waals surface area contributed by atoms with Crippen LogP contribution in [-0.2, 0) is 17.8 Å². The van der Waals surface area contributed by atoms with Crippen LogP contribution < -0.4 is 5.32 Å². The summed E-state index contributed by atoms with van der Waals surface area (Å²) in [6.45, 7) is 0.488. The predicted octanol–water partition coefficient (Wildman–Crippen LogP) is 3.26. The van der Waals surface area contributed by atoms with E-state index in [9.17, 15) is 4.79 Å². The van der Waals surface area contributed by atoms with E-state index in [1.807, 2.05) is 35.0 Å². The van der Waals surface area contributed by atoms with E-state index in [1.165, 1.54) is 0 Å². The van der Waals surface area contributed by atoms with E-state index in [0.29, 0.717) is 13.0 Å². The Kier molecular flexibility index (Phi) is 4.12. The summed E-state index contributed by atoms with van der Waals surface area (Å²) < 4.78 is 5.03. The molecule has 3 heterocycles. The van der Waals surface area contributed by atoms with E-state index in [2.05, 4.69) is 10.3 Å². The van der Waals surface area contributed by atoms with Gasteiger partial charge in [0, 0.05) is 18.3 Å². The molecular weight excluding hydrogens is 284 g/mol. The van der Waals surface area contributed by atoms with E-state index < -0.39 is 0 Å². The van der Waals surface area contributed by atoms with Crippen molar-refractivity contribution >= 4 is 17.2 Å². The van der Waals surface area contributed by atoms with Crippen molar-refractivity contribution in [2.75, 3.05) is 0 Å². The lowest BCUT2D eigenvalue weighted by Gasteiger charge is -2.05. The van der Waals surface area contributed by atoms with E-state index in [-0.39, 0.29) is 5.91 Å². The molecule has 0 aliphatic carbocycles. The van der Waals surface area contributed by atoms with Gasteiger partial charge in [-0.1, -0.05) is 6.07 Å². The van der Waals surface area contributed by atoms with Gasteiger partial charge in [-0.2, -0.15) is 11.3 Å². The molecule has 3 aromatic rings. The fourth-order valence-electron chi connectivity index (χ4n) is 1.95. The molecule has 1 amide bonds. The molecule has 0 saturated carbocycles. The normalized spacial score (nSPS) is 10.5.